The standard InChI is InChI=1S/C21H26Cl2N2O3S/c1-21(2,3)25-12-16-6-5-14(9-20(16)29(25,27)28)19(26)13-24(4)11-15-7-8-17(22)10-18(15)23/h5-10,19,26H,11-13H2,1-4H3. The van der Waals surface area contributed by atoms with Crippen molar-refractivity contribution in [1.82, 2.24) is 9.21 Å². The molecule has 8 heteroatoms. The van der Waals surface area contributed by atoms with Crippen LogP contribution in [0.5, 0.6) is 0 Å². The van der Waals surface area contributed by atoms with Crippen molar-refractivity contribution < 1.29 is 13.5 Å². The van der Waals surface area contributed by atoms with Gasteiger partial charge in [0.2, 0.25) is 10.0 Å². The Labute approximate surface area is 182 Å². The molecule has 0 saturated carbocycles. The van der Waals surface area contributed by atoms with Crippen LogP contribution in [-0.2, 0) is 23.1 Å². The number of rotatable bonds is 5. The minimum absolute atomic E-state index is 0.285. The highest BCUT2D eigenvalue weighted by Gasteiger charge is 2.41. The van der Waals surface area contributed by atoms with Crippen LogP contribution in [0.4, 0.5) is 0 Å². The van der Waals surface area contributed by atoms with Crippen LogP contribution in [-0.4, -0.2) is 41.9 Å². The second kappa shape index (κ2) is 8.17. The molecule has 1 aliphatic heterocycles. The number of hydrogen-bond donors (Lipinski definition) is 1. The summed E-state index contributed by atoms with van der Waals surface area (Å²) in [7, 11) is -1.69. The molecule has 158 valence electrons. The lowest BCUT2D eigenvalue weighted by Crippen LogP contribution is -2.41. The average Bonchev–Trinajstić information content (AvgIpc) is 2.88. The summed E-state index contributed by atoms with van der Waals surface area (Å²) in [4.78, 5) is 2.22. The fourth-order valence-electron chi connectivity index (χ4n) is 3.51. The Bertz CT molecular complexity index is 1020. The summed E-state index contributed by atoms with van der Waals surface area (Å²) in [5.74, 6) is 0. The van der Waals surface area contributed by atoms with Crippen molar-refractivity contribution >= 4 is 33.2 Å². The molecule has 0 amide bonds. The van der Waals surface area contributed by atoms with Gasteiger partial charge in [-0.25, -0.2) is 8.42 Å². The maximum atomic E-state index is 12.9. The molecule has 2 aromatic rings. The summed E-state index contributed by atoms with van der Waals surface area (Å²) in [6.07, 6.45) is -0.824. The minimum atomic E-state index is -3.57. The molecule has 2 aromatic carbocycles. The Morgan fingerprint density at radius 1 is 1.17 bits per heavy atom. The van der Waals surface area contributed by atoms with Gasteiger partial charge >= 0.3 is 0 Å². The van der Waals surface area contributed by atoms with Crippen molar-refractivity contribution in [3.8, 4) is 0 Å². The first-order chi connectivity index (χ1) is 13.4. The molecule has 0 spiro atoms. The number of fused-ring (bicyclic) bond motifs is 1. The number of halogens is 2. The first-order valence-electron chi connectivity index (χ1n) is 9.36. The third-order valence-corrected chi connectivity index (χ3v) is 7.83. The summed E-state index contributed by atoms with van der Waals surface area (Å²) in [6.45, 7) is 6.86. The molecule has 1 heterocycles. The molecule has 0 radical (unpaired) electrons. The van der Waals surface area contributed by atoms with Gasteiger partial charge in [-0.15, -0.1) is 0 Å². The van der Waals surface area contributed by atoms with Crippen molar-refractivity contribution in [3.05, 3.63) is 63.1 Å². The van der Waals surface area contributed by atoms with Gasteiger partial charge in [0.1, 0.15) is 0 Å². The van der Waals surface area contributed by atoms with Crippen molar-refractivity contribution in [1.29, 1.82) is 0 Å². The van der Waals surface area contributed by atoms with E-state index in [0.717, 1.165) is 11.1 Å². The second-order valence-electron chi connectivity index (χ2n) is 8.50. The van der Waals surface area contributed by atoms with E-state index in [0.29, 0.717) is 35.2 Å². The monoisotopic (exact) mass is 456 g/mol. The number of sulfonamides is 1. The van der Waals surface area contributed by atoms with E-state index in [1.54, 1.807) is 30.3 Å². The lowest BCUT2D eigenvalue weighted by molar-refractivity contribution is 0.123. The predicted molar refractivity (Wildman–Crippen MR) is 117 cm³/mol. The zero-order valence-electron chi connectivity index (χ0n) is 17.0. The van der Waals surface area contributed by atoms with Crippen molar-refractivity contribution in [2.24, 2.45) is 0 Å². The summed E-state index contributed by atoms with van der Waals surface area (Å²) in [5, 5.41) is 11.9. The van der Waals surface area contributed by atoms with E-state index >= 15 is 0 Å². The molecule has 5 nitrogen and oxygen atoms in total. The number of hydrogen-bond acceptors (Lipinski definition) is 4. The number of benzene rings is 2. The molecule has 1 N–H and O–H groups in total. The summed E-state index contributed by atoms with van der Waals surface area (Å²) >= 11 is 12.2. The van der Waals surface area contributed by atoms with E-state index in [1.165, 1.54) is 4.31 Å². The van der Waals surface area contributed by atoms with Gasteiger partial charge in [-0.2, -0.15) is 4.31 Å². The van der Waals surface area contributed by atoms with Gasteiger partial charge in [-0.05, 0) is 62.7 Å². The normalized spacial score (nSPS) is 17.5. The quantitative estimate of drug-likeness (QED) is 0.720. The van der Waals surface area contributed by atoms with E-state index in [1.807, 2.05) is 38.8 Å². The Morgan fingerprint density at radius 3 is 2.48 bits per heavy atom. The molecule has 29 heavy (non-hydrogen) atoms. The van der Waals surface area contributed by atoms with Crippen LogP contribution in [0.25, 0.3) is 0 Å². The lowest BCUT2D eigenvalue weighted by Gasteiger charge is -2.29. The van der Waals surface area contributed by atoms with Gasteiger partial charge < -0.3 is 5.11 Å². The van der Waals surface area contributed by atoms with Crippen LogP contribution in [0.15, 0.2) is 41.3 Å². The van der Waals surface area contributed by atoms with Crippen LogP contribution in [0, 0.1) is 0 Å². The lowest BCUT2D eigenvalue weighted by atomic mass is 10.0. The van der Waals surface area contributed by atoms with E-state index in [9.17, 15) is 13.5 Å². The molecule has 0 bridgehead atoms. The predicted octanol–water partition coefficient (Wildman–Crippen LogP) is 4.46. The van der Waals surface area contributed by atoms with Gasteiger partial charge in [0.15, 0.2) is 0 Å². The SMILES string of the molecule is CN(Cc1ccc(Cl)cc1Cl)CC(O)c1ccc2c(c1)S(=O)(=O)N(C(C)(C)C)C2. The minimum Gasteiger partial charge on any atom is -0.387 e. The van der Waals surface area contributed by atoms with Crippen LogP contribution in [0.1, 0.15) is 43.6 Å². The first kappa shape index (κ1) is 22.5. The smallest absolute Gasteiger partial charge is 0.244 e. The van der Waals surface area contributed by atoms with E-state index in [2.05, 4.69) is 0 Å². The number of likely N-dealkylation sites (N-methyl/N-ethyl adjacent to an activating group) is 1. The van der Waals surface area contributed by atoms with Crippen LogP contribution in [0.3, 0.4) is 0 Å². The second-order valence-corrected chi connectivity index (χ2v) is 11.2. The molecule has 0 saturated heterocycles. The summed E-state index contributed by atoms with van der Waals surface area (Å²) < 4.78 is 27.4. The van der Waals surface area contributed by atoms with Gasteiger partial charge in [0, 0.05) is 35.2 Å². The van der Waals surface area contributed by atoms with Crippen LogP contribution < -0.4 is 0 Å². The molecule has 0 aliphatic carbocycles. The molecular weight excluding hydrogens is 431 g/mol. The Hall–Kier alpha value is -1.15. The first-order valence-corrected chi connectivity index (χ1v) is 11.6. The average molecular weight is 457 g/mol. The zero-order chi connectivity index (χ0) is 21.6. The van der Waals surface area contributed by atoms with E-state index in [4.69, 9.17) is 23.2 Å². The fraction of sp³-hybridized carbons (Fsp3) is 0.429. The molecule has 0 fully saturated rings. The zero-order valence-corrected chi connectivity index (χ0v) is 19.3. The van der Waals surface area contributed by atoms with E-state index < -0.39 is 21.7 Å². The highest BCUT2D eigenvalue weighted by molar-refractivity contribution is 7.89. The number of aliphatic hydroxyl groups excluding tert-OH is 1. The molecule has 1 atom stereocenters. The van der Waals surface area contributed by atoms with Gasteiger partial charge in [0.25, 0.3) is 0 Å². The topological polar surface area (TPSA) is 60.9 Å². The third kappa shape index (κ3) is 4.79. The third-order valence-electron chi connectivity index (χ3n) is 5.05. The Balaban J connectivity index is 1.76. The highest BCUT2D eigenvalue weighted by Crippen LogP contribution is 2.37. The highest BCUT2D eigenvalue weighted by atomic mass is 35.5. The summed E-state index contributed by atoms with van der Waals surface area (Å²) in [5.41, 5.74) is 1.74. The Morgan fingerprint density at radius 2 is 1.86 bits per heavy atom. The number of nitrogens with zero attached hydrogens (tertiary/aromatic N) is 2. The molecule has 3 rings (SSSR count). The molecular formula is C21H26Cl2N2O3S. The van der Waals surface area contributed by atoms with Crippen LogP contribution >= 0.6 is 23.2 Å². The molecule has 1 unspecified atom stereocenters. The van der Waals surface area contributed by atoms with Gasteiger partial charge in [0.05, 0.1) is 11.0 Å². The van der Waals surface area contributed by atoms with Crippen molar-refractivity contribution in [3.63, 3.8) is 0 Å². The molecule has 0 aromatic heterocycles. The van der Waals surface area contributed by atoms with Crippen molar-refractivity contribution in [2.45, 2.75) is 50.4 Å². The summed E-state index contributed by atoms with van der Waals surface area (Å²) in [6, 6.07) is 10.5. The maximum Gasteiger partial charge on any atom is 0.244 e. The Kier molecular flexibility index (Phi) is 6.35. The number of aliphatic hydroxyl groups is 1. The van der Waals surface area contributed by atoms with Crippen LogP contribution in [0.2, 0.25) is 10.0 Å². The molecule has 1 aliphatic rings. The van der Waals surface area contributed by atoms with Crippen molar-refractivity contribution in [2.75, 3.05) is 13.6 Å². The largest absolute Gasteiger partial charge is 0.387 e. The van der Waals surface area contributed by atoms with E-state index in [-0.39, 0.29) is 4.90 Å². The van der Waals surface area contributed by atoms with Gasteiger partial charge in [-0.3, -0.25) is 4.90 Å². The van der Waals surface area contributed by atoms with Gasteiger partial charge in [-0.1, -0.05) is 41.4 Å². The maximum absolute atomic E-state index is 12.9. The fourth-order valence-corrected chi connectivity index (χ4v) is 6.00.